The van der Waals surface area contributed by atoms with Crippen LogP contribution in [-0.4, -0.2) is 25.0 Å². The molecule has 0 aliphatic heterocycles. The van der Waals surface area contributed by atoms with Crippen molar-refractivity contribution in [3.63, 3.8) is 0 Å². The highest BCUT2D eigenvalue weighted by molar-refractivity contribution is 6.04. The molecule has 5 nitrogen and oxygen atoms in total. The molecule has 0 saturated heterocycles. The van der Waals surface area contributed by atoms with E-state index in [-0.39, 0.29) is 11.7 Å². The van der Waals surface area contributed by atoms with Crippen LogP contribution in [0.1, 0.15) is 15.9 Å². The van der Waals surface area contributed by atoms with Gasteiger partial charge in [0.15, 0.2) is 5.82 Å². The maximum absolute atomic E-state index is 12.1. The zero-order valence-electron chi connectivity index (χ0n) is 11.3. The lowest BCUT2D eigenvalue weighted by molar-refractivity contribution is 0.102. The highest BCUT2D eigenvalue weighted by Gasteiger charge is 2.10. The van der Waals surface area contributed by atoms with Crippen molar-refractivity contribution in [2.24, 2.45) is 0 Å². The van der Waals surface area contributed by atoms with Crippen molar-refractivity contribution < 1.29 is 4.79 Å². The average Bonchev–Trinajstić information content (AvgIpc) is 2.48. The number of carbonyl (C=O) groups excluding carboxylic acids is 1. The second-order valence-electron chi connectivity index (χ2n) is 4.41. The summed E-state index contributed by atoms with van der Waals surface area (Å²) in [6, 6.07) is 12.4. The molecule has 100 valence electrons. The zero-order chi connectivity index (χ0) is 14.5. The van der Waals surface area contributed by atoms with Crippen LogP contribution in [0.5, 0.6) is 0 Å². The number of aromatic nitrogens is 1. The Kier molecular flexibility index (Phi) is 3.96. The fraction of sp³-hybridized carbons (Fsp3) is 0.133. The number of benzene rings is 1. The van der Waals surface area contributed by atoms with Crippen molar-refractivity contribution in [3.05, 3.63) is 53.7 Å². The van der Waals surface area contributed by atoms with Gasteiger partial charge in [0, 0.05) is 31.5 Å². The number of hydrogen-bond donors (Lipinski definition) is 1. The number of carbonyl (C=O) groups is 1. The maximum Gasteiger partial charge on any atom is 0.256 e. The van der Waals surface area contributed by atoms with Gasteiger partial charge >= 0.3 is 0 Å². The second-order valence-corrected chi connectivity index (χ2v) is 4.41. The first-order valence-electron chi connectivity index (χ1n) is 6.05. The van der Waals surface area contributed by atoms with Crippen molar-refractivity contribution in [3.8, 4) is 6.07 Å². The molecule has 0 saturated carbocycles. The summed E-state index contributed by atoms with van der Waals surface area (Å²) < 4.78 is 0. The first kappa shape index (κ1) is 13.6. The minimum absolute atomic E-state index is 0.275. The van der Waals surface area contributed by atoms with E-state index in [2.05, 4.69) is 10.3 Å². The first-order valence-corrected chi connectivity index (χ1v) is 6.05. The highest BCUT2D eigenvalue weighted by atomic mass is 16.1. The number of hydrogen-bond acceptors (Lipinski definition) is 4. The molecule has 20 heavy (non-hydrogen) atoms. The van der Waals surface area contributed by atoms with Crippen LogP contribution in [0.15, 0.2) is 42.6 Å². The summed E-state index contributed by atoms with van der Waals surface area (Å²) in [6.07, 6.45) is 1.53. The molecule has 2 rings (SSSR count). The summed E-state index contributed by atoms with van der Waals surface area (Å²) >= 11 is 0. The summed E-state index contributed by atoms with van der Waals surface area (Å²) in [5.41, 5.74) is 1.87. The van der Waals surface area contributed by atoms with Crippen LogP contribution < -0.4 is 10.2 Å². The Bertz CT molecular complexity index is 656. The quantitative estimate of drug-likeness (QED) is 0.925. The normalized spacial score (nSPS) is 9.65. The van der Waals surface area contributed by atoms with Crippen molar-refractivity contribution >= 4 is 17.4 Å². The molecule has 0 aliphatic rings. The van der Waals surface area contributed by atoms with Crippen LogP contribution in [0.3, 0.4) is 0 Å². The van der Waals surface area contributed by atoms with Gasteiger partial charge < -0.3 is 10.2 Å². The monoisotopic (exact) mass is 266 g/mol. The first-order chi connectivity index (χ1) is 9.61. The van der Waals surface area contributed by atoms with E-state index in [0.717, 1.165) is 5.69 Å². The number of nitrogens with zero attached hydrogens (tertiary/aromatic N) is 3. The summed E-state index contributed by atoms with van der Waals surface area (Å²) in [7, 11) is 3.87. The predicted octanol–water partition coefficient (Wildman–Crippen LogP) is 2.27. The molecular weight excluding hydrogens is 252 g/mol. The van der Waals surface area contributed by atoms with Gasteiger partial charge in [-0.25, -0.2) is 4.98 Å². The fourth-order valence-electron chi connectivity index (χ4n) is 1.69. The molecular formula is C15H14N4O. The van der Waals surface area contributed by atoms with E-state index in [0.29, 0.717) is 11.1 Å². The Morgan fingerprint density at radius 3 is 2.55 bits per heavy atom. The van der Waals surface area contributed by atoms with E-state index >= 15 is 0 Å². The molecule has 0 bridgehead atoms. The van der Waals surface area contributed by atoms with Gasteiger partial charge in [-0.3, -0.25) is 4.79 Å². The minimum Gasteiger partial charge on any atom is -0.378 e. The van der Waals surface area contributed by atoms with Gasteiger partial charge in [0.2, 0.25) is 0 Å². The van der Waals surface area contributed by atoms with Crippen LogP contribution in [0.25, 0.3) is 0 Å². The smallest absolute Gasteiger partial charge is 0.256 e. The molecule has 0 aliphatic carbocycles. The van der Waals surface area contributed by atoms with Gasteiger partial charge in [-0.1, -0.05) is 0 Å². The number of anilines is 2. The van der Waals surface area contributed by atoms with E-state index in [1.807, 2.05) is 37.2 Å². The Hall–Kier alpha value is -2.87. The molecule has 0 spiro atoms. The number of nitrogens with one attached hydrogen (secondary N) is 1. The van der Waals surface area contributed by atoms with Crippen LogP contribution in [0.2, 0.25) is 0 Å². The summed E-state index contributed by atoms with van der Waals surface area (Å²) in [6.45, 7) is 0. The molecule has 1 aromatic carbocycles. The third-order valence-electron chi connectivity index (χ3n) is 2.81. The van der Waals surface area contributed by atoms with Crippen LogP contribution in [-0.2, 0) is 0 Å². The fourth-order valence-corrected chi connectivity index (χ4v) is 1.69. The van der Waals surface area contributed by atoms with Crippen LogP contribution in [0, 0.1) is 11.3 Å². The summed E-state index contributed by atoms with van der Waals surface area (Å²) in [5, 5.41) is 11.6. The maximum atomic E-state index is 12.1. The van der Waals surface area contributed by atoms with Gasteiger partial charge in [0.1, 0.15) is 6.07 Å². The molecule has 1 aromatic heterocycles. The van der Waals surface area contributed by atoms with Crippen LogP contribution >= 0.6 is 0 Å². The van der Waals surface area contributed by atoms with Gasteiger partial charge in [0.05, 0.1) is 5.56 Å². The lowest BCUT2D eigenvalue weighted by atomic mass is 10.2. The van der Waals surface area contributed by atoms with E-state index in [9.17, 15) is 4.79 Å². The molecule has 0 fully saturated rings. The summed E-state index contributed by atoms with van der Waals surface area (Å²) in [4.78, 5) is 18.0. The van der Waals surface area contributed by atoms with E-state index in [1.165, 1.54) is 6.20 Å². The molecule has 0 radical (unpaired) electrons. The Labute approximate surface area is 117 Å². The van der Waals surface area contributed by atoms with Gasteiger partial charge in [0.25, 0.3) is 5.91 Å². The molecule has 5 heteroatoms. The lowest BCUT2D eigenvalue weighted by Gasteiger charge is -2.12. The molecule has 1 heterocycles. The van der Waals surface area contributed by atoms with Crippen molar-refractivity contribution in [2.45, 2.75) is 0 Å². The Balaban J connectivity index is 2.18. The average molecular weight is 266 g/mol. The van der Waals surface area contributed by atoms with E-state index in [4.69, 9.17) is 5.26 Å². The number of pyridine rings is 1. The topological polar surface area (TPSA) is 69.0 Å². The molecule has 1 amide bonds. The second kappa shape index (κ2) is 5.85. The molecule has 2 aromatic rings. The number of nitriles is 1. The van der Waals surface area contributed by atoms with Crippen molar-refractivity contribution in [1.29, 1.82) is 5.26 Å². The number of rotatable bonds is 3. The number of amides is 1. The summed E-state index contributed by atoms with van der Waals surface area (Å²) in [5.74, 6) is -0.0119. The van der Waals surface area contributed by atoms with E-state index in [1.54, 1.807) is 24.3 Å². The third kappa shape index (κ3) is 2.93. The Morgan fingerprint density at radius 1 is 1.25 bits per heavy atom. The van der Waals surface area contributed by atoms with E-state index < -0.39 is 0 Å². The van der Waals surface area contributed by atoms with Crippen molar-refractivity contribution in [1.82, 2.24) is 4.98 Å². The molecule has 1 N–H and O–H groups in total. The molecule has 0 atom stereocenters. The van der Waals surface area contributed by atoms with Gasteiger partial charge in [-0.2, -0.15) is 5.26 Å². The lowest BCUT2D eigenvalue weighted by Crippen LogP contribution is -2.14. The van der Waals surface area contributed by atoms with Crippen molar-refractivity contribution in [2.75, 3.05) is 24.3 Å². The largest absolute Gasteiger partial charge is 0.378 e. The third-order valence-corrected chi connectivity index (χ3v) is 2.81. The van der Waals surface area contributed by atoms with Gasteiger partial charge in [-0.05, 0) is 36.4 Å². The van der Waals surface area contributed by atoms with Gasteiger partial charge in [-0.15, -0.1) is 0 Å². The SMILES string of the molecule is CN(C)c1ccc(C(=O)Nc2ncccc2C#N)cc1. The Morgan fingerprint density at radius 2 is 1.95 bits per heavy atom. The standard InChI is InChI=1S/C15H14N4O/c1-19(2)13-7-5-11(6-8-13)15(20)18-14-12(10-16)4-3-9-17-14/h3-9H,1-2H3,(H,17,18,20). The highest BCUT2D eigenvalue weighted by Crippen LogP contribution is 2.15. The minimum atomic E-state index is -0.287. The predicted molar refractivity (Wildman–Crippen MR) is 77.7 cm³/mol. The zero-order valence-corrected chi connectivity index (χ0v) is 11.3. The van der Waals surface area contributed by atoms with Crippen LogP contribution in [0.4, 0.5) is 11.5 Å². The molecule has 0 unspecified atom stereocenters.